The Kier molecular flexibility index (Phi) is 4.69. The highest BCUT2D eigenvalue weighted by Gasteiger charge is 2.13. The second-order valence-corrected chi connectivity index (χ2v) is 6.10. The van der Waals surface area contributed by atoms with E-state index in [-0.39, 0.29) is 12.5 Å². The second kappa shape index (κ2) is 6.89. The second-order valence-electron chi connectivity index (χ2n) is 5.19. The van der Waals surface area contributed by atoms with Gasteiger partial charge in [0.05, 0.1) is 11.7 Å². The number of pyridine rings is 1. The van der Waals surface area contributed by atoms with E-state index in [9.17, 15) is 9.90 Å². The highest BCUT2D eigenvalue weighted by molar-refractivity contribution is 9.10. The Labute approximate surface area is 142 Å². The lowest BCUT2D eigenvalue weighted by molar-refractivity contribution is 0.0916. The molecule has 4 nitrogen and oxygen atoms in total. The lowest BCUT2D eigenvalue weighted by atomic mass is 10.0. The number of aliphatic hydroxyl groups is 1. The van der Waals surface area contributed by atoms with E-state index in [0.717, 1.165) is 20.8 Å². The number of aromatic nitrogens is 1. The Balaban J connectivity index is 1.74. The van der Waals surface area contributed by atoms with Crippen LogP contribution in [-0.4, -0.2) is 22.5 Å². The van der Waals surface area contributed by atoms with Crippen LogP contribution in [0.3, 0.4) is 0 Å². The first kappa shape index (κ1) is 15.6. The number of nitrogens with one attached hydrogen (secondary N) is 1. The van der Waals surface area contributed by atoms with Gasteiger partial charge in [0.25, 0.3) is 5.91 Å². The van der Waals surface area contributed by atoms with Gasteiger partial charge in [0, 0.05) is 23.4 Å². The molecule has 0 saturated carbocycles. The largest absolute Gasteiger partial charge is 0.387 e. The lowest BCUT2D eigenvalue weighted by Crippen LogP contribution is -2.28. The summed E-state index contributed by atoms with van der Waals surface area (Å²) in [6.45, 7) is 0.138. The van der Waals surface area contributed by atoms with Gasteiger partial charge in [-0.3, -0.25) is 9.78 Å². The number of amides is 1. The van der Waals surface area contributed by atoms with Crippen LogP contribution in [0.15, 0.2) is 65.4 Å². The Bertz CT molecular complexity index is 846. The molecular weight excluding hydrogens is 356 g/mol. The number of halogens is 1. The molecule has 3 aromatic rings. The van der Waals surface area contributed by atoms with Crippen molar-refractivity contribution in [3.05, 3.63) is 76.5 Å². The molecule has 116 valence electrons. The van der Waals surface area contributed by atoms with E-state index in [1.54, 1.807) is 12.3 Å². The van der Waals surface area contributed by atoms with Crippen LogP contribution in [0.5, 0.6) is 0 Å². The number of aliphatic hydroxyl groups excluding tert-OH is 1. The third-order valence-corrected chi connectivity index (χ3v) is 4.04. The molecule has 5 heteroatoms. The van der Waals surface area contributed by atoms with Gasteiger partial charge in [0.2, 0.25) is 0 Å². The van der Waals surface area contributed by atoms with Crippen molar-refractivity contribution in [3.8, 4) is 0 Å². The monoisotopic (exact) mass is 370 g/mol. The van der Waals surface area contributed by atoms with Crippen LogP contribution in [0.4, 0.5) is 0 Å². The lowest BCUT2D eigenvalue weighted by Gasteiger charge is -2.14. The first-order valence-corrected chi connectivity index (χ1v) is 7.99. The number of benzene rings is 2. The molecule has 1 atom stereocenters. The van der Waals surface area contributed by atoms with E-state index in [0.29, 0.717) is 5.56 Å². The van der Waals surface area contributed by atoms with Gasteiger partial charge in [-0.1, -0.05) is 42.5 Å². The molecular formula is C18H15BrN2O2. The smallest absolute Gasteiger partial charge is 0.252 e. The predicted molar refractivity (Wildman–Crippen MR) is 93.2 cm³/mol. The topological polar surface area (TPSA) is 62.2 Å². The first-order valence-electron chi connectivity index (χ1n) is 7.19. The summed E-state index contributed by atoms with van der Waals surface area (Å²) in [6, 6.07) is 15.3. The Morgan fingerprint density at radius 3 is 2.78 bits per heavy atom. The van der Waals surface area contributed by atoms with Gasteiger partial charge in [0.1, 0.15) is 0 Å². The van der Waals surface area contributed by atoms with Crippen molar-refractivity contribution in [1.29, 1.82) is 0 Å². The van der Waals surface area contributed by atoms with Crippen molar-refractivity contribution in [2.45, 2.75) is 6.10 Å². The normalized spacial score (nSPS) is 12.1. The Morgan fingerprint density at radius 2 is 1.96 bits per heavy atom. The van der Waals surface area contributed by atoms with Crippen molar-refractivity contribution in [2.75, 3.05) is 6.54 Å². The summed E-state index contributed by atoms with van der Waals surface area (Å²) >= 11 is 3.28. The van der Waals surface area contributed by atoms with Crippen LogP contribution < -0.4 is 5.32 Å². The molecule has 0 unspecified atom stereocenters. The number of rotatable bonds is 4. The summed E-state index contributed by atoms with van der Waals surface area (Å²) in [4.78, 5) is 16.1. The molecule has 0 saturated heterocycles. The fourth-order valence-corrected chi connectivity index (χ4v) is 2.84. The van der Waals surface area contributed by atoms with Crippen LogP contribution >= 0.6 is 15.9 Å². The number of carbonyl (C=O) groups excluding carboxylic acids is 1. The summed E-state index contributed by atoms with van der Waals surface area (Å²) in [5, 5.41) is 15.2. The average Bonchev–Trinajstić information content (AvgIpc) is 2.59. The van der Waals surface area contributed by atoms with E-state index < -0.39 is 6.10 Å². The molecule has 0 aliphatic carbocycles. The molecule has 0 bridgehead atoms. The molecule has 0 aliphatic heterocycles. The molecule has 1 heterocycles. The maximum atomic E-state index is 12.1. The van der Waals surface area contributed by atoms with Crippen LogP contribution in [-0.2, 0) is 0 Å². The van der Waals surface area contributed by atoms with E-state index >= 15 is 0 Å². The van der Waals surface area contributed by atoms with E-state index in [1.165, 1.54) is 6.20 Å². The van der Waals surface area contributed by atoms with Crippen LogP contribution in [0.25, 0.3) is 10.8 Å². The zero-order valence-corrected chi connectivity index (χ0v) is 13.8. The molecule has 0 radical (unpaired) electrons. The summed E-state index contributed by atoms with van der Waals surface area (Å²) in [5.74, 6) is -0.266. The molecule has 1 aromatic heterocycles. The minimum absolute atomic E-state index is 0.138. The molecule has 1 amide bonds. The minimum Gasteiger partial charge on any atom is -0.387 e. The molecule has 2 aromatic carbocycles. The number of nitrogens with zero attached hydrogens (tertiary/aromatic N) is 1. The maximum absolute atomic E-state index is 12.1. The van der Waals surface area contributed by atoms with Crippen molar-refractivity contribution < 1.29 is 9.90 Å². The summed E-state index contributed by atoms with van der Waals surface area (Å²) in [7, 11) is 0. The molecule has 23 heavy (non-hydrogen) atoms. The SMILES string of the molecule is O=C(NC[C@H](O)c1cccc2ccccc12)c1cncc(Br)c1. The van der Waals surface area contributed by atoms with Gasteiger partial charge >= 0.3 is 0 Å². The Morgan fingerprint density at radius 1 is 1.17 bits per heavy atom. The zero-order valence-electron chi connectivity index (χ0n) is 12.2. The zero-order chi connectivity index (χ0) is 16.2. The van der Waals surface area contributed by atoms with Crippen molar-refractivity contribution in [2.24, 2.45) is 0 Å². The quantitative estimate of drug-likeness (QED) is 0.739. The number of carbonyl (C=O) groups is 1. The first-order chi connectivity index (χ1) is 11.1. The van der Waals surface area contributed by atoms with E-state index in [2.05, 4.69) is 26.2 Å². The highest BCUT2D eigenvalue weighted by atomic mass is 79.9. The van der Waals surface area contributed by atoms with Crippen molar-refractivity contribution >= 4 is 32.6 Å². The van der Waals surface area contributed by atoms with Gasteiger partial charge in [-0.2, -0.15) is 0 Å². The minimum atomic E-state index is -0.773. The predicted octanol–water partition coefficient (Wildman–Crippen LogP) is 3.46. The van der Waals surface area contributed by atoms with E-state index in [1.807, 2.05) is 42.5 Å². The number of hydrogen-bond donors (Lipinski definition) is 2. The van der Waals surface area contributed by atoms with Crippen molar-refractivity contribution in [1.82, 2.24) is 10.3 Å². The fraction of sp³-hybridized carbons (Fsp3) is 0.111. The molecule has 0 spiro atoms. The molecule has 3 rings (SSSR count). The fourth-order valence-electron chi connectivity index (χ4n) is 2.48. The third-order valence-electron chi connectivity index (χ3n) is 3.61. The van der Waals surface area contributed by atoms with Gasteiger partial charge in [0.15, 0.2) is 0 Å². The third kappa shape index (κ3) is 3.57. The van der Waals surface area contributed by atoms with Gasteiger partial charge < -0.3 is 10.4 Å². The van der Waals surface area contributed by atoms with Crippen LogP contribution in [0.2, 0.25) is 0 Å². The molecule has 2 N–H and O–H groups in total. The van der Waals surface area contributed by atoms with Gasteiger partial charge in [-0.25, -0.2) is 0 Å². The van der Waals surface area contributed by atoms with Crippen molar-refractivity contribution in [3.63, 3.8) is 0 Å². The van der Waals surface area contributed by atoms with Gasteiger partial charge in [-0.05, 0) is 38.3 Å². The summed E-state index contributed by atoms with van der Waals surface area (Å²) in [5.41, 5.74) is 1.25. The molecule has 0 fully saturated rings. The summed E-state index contributed by atoms with van der Waals surface area (Å²) in [6.07, 6.45) is 2.33. The standard InChI is InChI=1S/C18H15BrN2O2/c19-14-8-13(9-20-10-14)18(23)21-11-17(22)16-7-3-5-12-4-1-2-6-15(12)16/h1-10,17,22H,11H2,(H,21,23)/t17-/m0/s1. The highest BCUT2D eigenvalue weighted by Crippen LogP contribution is 2.23. The number of fused-ring (bicyclic) bond motifs is 1. The maximum Gasteiger partial charge on any atom is 0.252 e. The Hall–Kier alpha value is -2.24. The van der Waals surface area contributed by atoms with E-state index in [4.69, 9.17) is 0 Å². The molecule has 0 aliphatic rings. The van der Waals surface area contributed by atoms with Crippen LogP contribution in [0.1, 0.15) is 22.0 Å². The summed E-state index contributed by atoms with van der Waals surface area (Å²) < 4.78 is 0.736. The average molecular weight is 371 g/mol. The van der Waals surface area contributed by atoms with Gasteiger partial charge in [-0.15, -0.1) is 0 Å². The number of hydrogen-bond acceptors (Lipinski definition) is 3. The van der Waals surface area contributed by atoms with Crippen LogP contribution in [0, 0.1) is 0 Å².